The molecule has 0 saturated carbocycles. The number of aryl methyl sites for hydroxylation is 1. The van der Waals surface area contributed by atoms with E-state index >= 15 is 0 Å². The summed E-state index contributed by atoms with van der Waals surface area (Å²) in [5, 5.41) is 3.39. The second-order valence-corrected chi connectivity index (χ2v) is 3.77. The van der Waals surface area contributed by atoms with Crippen LogP contribution >= 0.6 is 0 Å². The Morgan fingerprint density at radius 1 is 1.43 bits per heavy atom. The van der Waals surface area contributed by atoms with Crippen LogP contribution in [0.25, 0.3) is 0 Å². The van der Waals surface area contributed by atoms with Crippen LogP contribution in [0.2, 0.25) is 0 Å². The van der Waals surface area contributed by atoms with E-state index in [0.29, 0.717) is 0 Å². The Hall–Kier alpha value is -0.800. The Labute approximate surface area is 86.3 Å². The molecule has 0 bridgehead atoms. The van der Waals surface area contributed by atoms with Crippen molar-refractivity contribution in [3.63, 3.8) is 0 Å². The molecule has 0 fully saturated rings. The molecule has 3 nitrogen and oxygen atoms in total. The van der Waals surface area contributed by atoms with E-state index in [0.717, 1.165) is 26.1 Å². The van der Waals surface area contributed by atoms with Crippen molar-refractivity contribution in [3.8, 4) is 0 Å². The summed E-state index contributed by atoms with van der Waals surface area (Å²) in [7, 11) is 2.11. The highest BCUT2D eigenvalue weighted by molar-refractivity contribution is 5.26. The smallest absolute Gasteiger partial charge is 0.0223 e. The molecule has 0 amide bonds. The first-order valence-electron chi connectivity index (χ1n) is 5.19. The standard InChI is InChI=1S/C11H21N3/c1-9-7-11(10(2)14(9)3)8-13-6-4-5-12/h7,13H,4-6,8,12H2,1-3H3. The molecule has 0 radical (unpaired) electrons. The van der Waals surface area contributed by atoms with E-state index in [9.17, 15) is 0 Å². The Morgan fingerprint density at radius 2 is 2.14 bits per heavy atom. The summed E-state index contributed by atoms with van der Waals surface area (Å²) in [5.41, 5.74) is 9.48. The van der Waals surface area contributed by atoms with Crippen LogP contribution in [-0.4, -0.2) is 17.7 Å². The molecule has 3 N–H and O–H groups in total. The average molecular weight is 195 g/mol. The predicted octanol–water partition coefficient (Wildman–Crippen LogP) is 1.08. The van der Waals surface area contributed by atoms with Crippen LogP contribution < -0.4 is 11.1 Å². The van der Waals surface area contributed by atoms with E-state index in [1.165, 1.54) is 17.0 Å². The van der Waals surface area contributed by atoms with E-state index in [1.807, 2.05) is 0 Å². The predicted molar refractivity (Wildman–Crippen MR) is 60.3 cm³/mol. The Morgan fingerprint density at radius 3 is 2.64 bits per heavy atom. The lowest BCUT2D eigenvalue weighted by atomic mass is 10.2. The third-order valence-electron chi connectivity index (χ3n) is 2.75. The van der Waals surface area contributed by atoms with Crippen molar-refractivity contribution < 1.29 is 0 Å². The third kappa shape index (κ3) is 2.59. The van der Waals surface area contributed by atoms with Gasteiger partial charge in [-0.3, -0.25) is 0 Å². The highest BCUT2D eigenvalue weighted by Gasteiger charge is 2.04. The molecule has 0 spiro atoms. The first-order valence-corrected chi connectivity index (χ1v) is 5.19. The summed E-state index contributed by atoms with van der Waals surface area (Å²) in [5.74, 6) is 0. The molecule has 0 atom stereocenters. The van der Waals surface area contributed by atoms with Gasteiger partial charge in [0.15, 0.2) is 0 Å². The lowest BCUT2D eigenvalue weighted by Crippen LogP contribution is -2.18. The van der Waals surface area contributed by atoms with Crippen LogP contribution in [0.5, 0.6) is 0 Å². The number of nitrogens with two attached hydrogens (primary N) is 1. The molecule has 3 heteroatoms. The summed E-state index contributed by atoms with van der Waals surface area (Å²) < 4.78 is 2.22. The van der Waals surface area contributed by atoms with Crippen molar-refractivity contribution in [2.75, 3.05) is 13.1 Å². The molecule has 1 aromatic rings. The lowest BCUT2D eigenvalue weighted by Gasteiger charge is -2.04. The lowest BCUT2D eigenvalue weighted by molar-refractivity contribution is 0.652. The molecular weight excluding hydrogens is 174 g/mol. The molecule has 1 rings (SSSR count). The number of rotatable bonds is 5. The van der Waals surface area contributed by atoms with Crippen molar-refractivity contribution in [3.05, 3.63) is 23.0 Å². The van der Waals surface area contributed by atoms with E-state index in [-0.39, 0.29) is 0 Å². The molecule has 80 valence electrons. The number of nitrogens with one attached hydrogen (secondary N) is 1. The molecule has 0 aromatic carbocycles. The Kier molecular flexibility index (Phi) is 4.17. The van der Waals surface area contributed by atoms with Gasteiger partial charge in [0, 0.05) is 25.0 Å². The molecule has 0 saturated heterocycles. The fourth-order valence-electron chi connectivity index (χ4n) is 1.56. The topological polar surface area (TPSA) is 43.0 Å². The zero-order valence-corrected chi connectivity index (χ0v) is 9.43. The van der Waals surface area contributed by atoms with Crippen LogP contribution in [0.1, 0.15) is 23.4 Å². The molecule has 1 heterocycles. The highest BCUT2D eigenvalue weighted by Crippen LogP contribution is 2.12. The SMILES string of the molecule is Cc1cc(CNCCCN)c(C)n1C. The van der Waals surface area contributed by atoms with E-state index in [2.05, 4.69) is 36.8 Å². The summed E-state index contributed by atoms with van der Waals surface area (Å²) in [6.07, 6.45) is 1.05. The largest absolute Gasteiger partial charge is 0.352 e. The maximum Gasteiger partial charge on any atom is 0.0223 e. The maximum absolute atomic E-state index is 5.42. The van der Waals surface area contributed by atoms with Gasteiger partial charge in [0.1, 0.15) is 0 Å². The number of nitrogens with zero attached hydrogens (tertiary/aromatic N) is 1. The maximum atomic E-state index is 5.42. The number of aromatic nitrogens is 1. The van der Waals surface area contributed by atoms with E-state index in [1.54, 1.807) is 0 Å². The minimum Gasteiger partial charge on any atom is -0.352 e. The van der Waals surface area contributed by atoms with Gasteiger partial charge in [0.25, 0.3) is 0 Å². The number of hydrogen-bond donors (Lipinski definition) is 2. The molecule has 0 aliphatic heterocycles. The first kappa shape index (κ1) is 11.3. The fourth-order valence-corrected chi connectivity index (χ4v) is 1.56. The molecular formula is C11H21N3. The second-order valence-electron chi connectivity index (χ2n) is 3.77. The second kappa shape index (κ2) is 5.17. The van der Waals surface area contributed by atoms with Crippen molar-refractivity contribution in [1.82, 2.24) is 9.88 Å². The zero-order chi connectivity index (χ0) is 10.6. The molecule has 0 unspecified atom stereocenters. The number of hydrogen-bond acceptors (Lipinski definition) is 2. The Bertz CT molecular complexity index is 289. The normalized spacial score (nSPS) is 10.9. The van der Waals surface area contributed by atoms with Crippen LogP contribution in [0.15, 0.2) is 6.07 Å². The van der Waals surface area contributed by atoms with Crippen LogP contribution in [0.4, 0.5) is 0 Å². The van der Waals surface area contributed by atoms with E-state index < -0.39 is 0 Å². The average Bonchev–Trinajstić information content (AvgIpc) is 2.41. The summed E-state index contributed by atoms with van der Waals surface area (Å²) in [6.45, 7) is 7.01. The third-order valence-corrected chi connectivity index (χ3v) is 2.75. The molecule has 1 aromatic heterocycles. The Balaban J connectivity index is 2.47. The molecule has 0 aliphatic rings. The minimum absolute atomic E-state index is 0.764. The summed E-state index contributed by atoms with van der Waals surface area (Å²) in [6, 6.07) is 2.24. The highest BCUT2D eigenvalue weighted by atomic mass is 15.0. The summed E-state index contributed by atoms with van der Waals surface area (Å²) in [4.78, 5) is 0. The van der Waals surface area contributed by atoms with Gasteiger partial charge in [-0.25, -0.2) is 0 Å². The van der Waals surface area contributed by atoms with Gasteiger partial charge < -0.3 is 15.6 Å². The monoisotopic (exact) mass is 195 g/mol. The van der Waals surface area contributed by atoms with Crippen LogP contribution in [-0.2, 0) is 13.6 Å². The van der Waals surface area contributed by atoms with Crippen molar-refractivity contribution >= 4 is 0 Å². The van der Waals surface area contributed by atoms with Crippen molar-refractivity contribution in [2.45, 2.75) is 26.8 Å². The van der Waals surface area contributed by atoms with Crippen molar-refractivity contribution in [2.24, 2.45) is 12.8 Å². The summed E-state index contributed by atoms with van der Waals surface area (Å²) >= 11 is 0. The van der Waals surface area contributed by atoms with Crippen LogP contribution in [0.3, 0.4) is 0 Å². The van der Waals surface area contributed by atoms with Crippen LogP contribution in [0, 0.1) is 13.8 Å². The molecule has 0 aliphatic carbocycles. The van der Waals surface area contributed by atoms with E-state index in [4.69, 9.17) is 5.73 Å². The van der Waals surface area contributed by atoms with Gasteiger partial charge in [0.2, 0.25) is 0 Å². The van der Waals surface area contributed by atoms with Crippen molar-refractivity contribution in [1.29, 1.82) is 0 Å². The van der Waals surface area contributed by atoms with Gasteiger partial charge in [-0.05, 0) is 45.0 Å². The van der Waals surface area contributed by atoms with Gasteiger partial charge in [-0.15, -0.1) is 0 Å². The molecule has 14 heavy (non-hydrogen) atoms. The van der Waals surface area contributed by atoms with Gasteiger partial charge >= 0.3 is 0 Å². The fraction of sp³-hybridized carbons (Fsp3) is 0.636. The van der Waals surface area contributed by atoms with Gasteiger partial charge in [-0.2, -0.15) is 0 Å². The van der Waals surface area contributed by atoms with Gasteiger partial charge in [0.05, 0.1) is 0 Å². The van der Waals surface area contributed by atoms with Gasteiger partial charge in [-0.1, -0.05) is 0 Å². The quantitative estimate of drug-likeness (QED) is 0.690. The minimum atomic E-state index is 0.764. The zero-order valence-electron chi connectivity index (χ0n) is 9.43. The first-order chi connectivity index (χ1) is 6.66.